The van der Waals surface area contributed by atoms with Gasteiger partial charge in [0.15, 0.2) is 0 Å². The van der Waals surface area contributed by atoms with Crippen LogP contribution in [0.5, 0.6) is 5.75 Å². The fourth-order valence-electron chi connectivity index (χ4n) is 1.34. The molecule has 0 fully saturated rings. The molecule has 0 aliphatic rings. The van der Waals surface area contributed by atoms with Gasteiger partial charge in [0.1, 0.15) is 12.0 Å². The van der Waals surface area contributed by atoms with Gasteiger partial charge in [-0.15, -0.1) is 24.0 Å². The molecule has 0 aliphatic carbocycles. The van der Waals surface area contributed by atoms with Gasteiger partial charge in [0, 0.05) is 21.2 Å². The zero-order chi connectivity index (χ0) is 10.1. The lowest BCUT2D eigenvalue weighted by Gasteiger charge is -1.99. The molecule has 0 spiro atoms. The van der Waals surface area contributed by atoms with Crippen LogP contribution in [0.1, 0.15) is 10.4 Å². The third-order valence-electron chi connectivity index (χ3n) is 2.00. The van der Waals surface area contributed by atoms with Crippen molar-refractivity contribution in [2.75, 3.05) is 7.11 Å². The normalized spacial score (nSPS) is 10.4. The molecule has 2 nitrogen and oxygen atoms in total. The van der Waals surface area contributed by atoms with Crippen LogP contribution in [0.2, 0.25) is 0 Å². The highest BCUT2D eigenvalue weighted by atomic mass is 32.1. The van der Waals surface area contributed by atoms with Crippen molar-refractivity contribution in [3.8, 4) is 5.75 Å². The first-order chi connectivity index (χ1) is 6.76. The smallest absolute Gasteiger partial charge is 0.150 e. The highest BCUT2D eigenvalue weighted by Crippen LogP contribution is 2.36. The summed E-state index contributed by atoms with van der Waals surface area (Å²) < 4.78 is 6.23. The number of thiophene rings is 1. The molecule has 1 heterocycles. The number of aldehydes is 1. The van der Waals surface area contributed by atoms with E-state index in [1.165, 1.54) is 0 Å². The summed E-state index contributed by atoms with van der Waals surface area (Å²) in [5, 5.41) is 2.87. The molecule has 0 bridgehead atoms. The predicted molar refractivity (Wildman–Crippen MR) is 61.0 cm³/mol. The standard InChI is InChI=1S/C10H8O2S2/c1-12-8-5-14-10-7(8)2-6(4-11)3-9(10)13/h2-5,13H,1H3. The van der Waals surface area contributed by atoms with E-state index < -0.39 is 0 Å². The lowest BCUT2D eigenvalue weighted by molar-refractivity contribution is 0.112. The minimum Gasteiger partial charge on any atom is -0.495 e. The Morgan fingerprint density at radius 2 is 2.29 bits per heavy atom. The van der Waals surface area contributed by atoms with Crippen molar-refractivity contribution in [2.24, 2.45) is 0 Å². The summed E-state index contributed by atoms with van der Waals surface area (Å²) >= 11 is 5.89. The van der Waals surface area contributed by atoms with Crippen LogP contribution in [0, 0.1) is 0 Å². The number of benzene rings is 1. The van der Waals surface area contributed by atoms with Gasteiger partial charge in [-0.2, -0.15) is 0 Å². The highest BCUT2D eigenvalue weighted by Gasteiger charge is 2.08. The highest BCUT2D eigenvalue weighted by molar-refractivity contribution is 7.80. The van der Waals surface area contributed by atoms with Crippen LogP contribution in [0.25, 0.3) is 10.1 Å². The first kappa shape index (κ1) is 9.55. The third kappa shape index (κ3) is 1.40. The van der Waals surface area contributed by atoms with E-state index >= 15 is 0 Å². The molecule has 2 aromatic rings. The number of thiol groups is 1. The van der Waals surface area contributed by atoms with E-state index in [4.69, 9.17) is 4.74 Å². The Balaban J connectivity index is 2.79. The molecule has 4 heteroatoms. The van der Waals surface area contributed by atoms with Gasteiger partial charge in [0.2, 0.25) is 0 Å². The lowest BCUT2D eigenvalue weighted by Crippen LogP contribution is -1.83. The Morgan fingerprint density at radius 3 is 2.93 bits per heavy atom. The number of fused-ring (bicyclic) bond motifs is 1. The summed E-state index contributed by atoms with van der Waals surface area (Å²) in [7, 11) is 1.62. The molecule has 2 rings (SSSR count). The number of methoxy groups -OCH3 is 1. The van der Waals surface area contributed by atoms with Crippen molar-refractivity contribution >= 4 is 40.3 Å². The predicted octanol–water partition coefficient (Wildman–Crippen LogP) is 3.01. The van der Waals surface area contributed by atoms with Crippen LogP contribution in [-0.4, -0.2) is 13.4 Å². The summed E-state index contributed by atoms with van der Waals surface area (Å²) in [6.45, 7) is 0. The van der Waals surface area contributed by atoms with E-state index in [1.807, 2.05) is 11.4 Å². The number of carbonyl (C=O) groups is 1. The molecule has 0 unspecified atom stereocenters. The Hall–Kier alpha value is -1.00. The van der Waals surface area contributed by atoms with Gasteiger partial charge in [-0.1, -0.05) is 0 Å². The summed E-state index contributed by atoms with van der Waals surface area (Å²) in [6, 6.07) is 3.58. The molecule has 0 amide bonds. The molecule has 0 radical (unpaired) electrons. The van der Waals surface area contributed by atoms with E-state index in [-0.39, 0.29) is 0 Å². The monoisotopic (exact) mass is 224 g/mol. The molecule has 0 atom stereocenters. The van der Waals surface area contributed by atoms with Crippen LogP contribution in [0.3, 0.4) is 0 Å². The molecule has 0 aliphatic heterocycles. The summed E-state index contributed by atoms with van der Waals surface area (Å²) in [5.74, 6) is 0.795. The average Bonchev–Trinajstić information content (AvgIpc) is 2.61. The van der Waals surface area contributed by atoms with Crippen LogP contribution in [-0.2, 0) is 0 Å². The van der Waals surface area contributed by atoms with Gasteiger partial charge in [-0.25, -0.2) is 0 Å². The maximum atomic E-state index is 10.7. The third-order valence-corrected chi connectivity index (χ3v) is 3.51. The molecular weight excluding hydrogens is 216 g/mol. The van der Waals surface area contributed by atoms with Crippen LogP contribution < -0.4 is 4.74 Å². The van der Waals surface area contributed by atoms with E-state index in [2.05, 4.69) is 12.6 Å². The number of hydrogen-bond donors (Lipinski definition) is 1. The van der Waals surface area contributed by atoms with Crippen molar-refractivity contribution < 1.29 is 9.53 Å². The Morgan fingerprint density at radius 1 is 1.50 bits per heavy atom. The first-order valence-electron chi connectivity index (χ1n) is 3.99. The second kappa shape index (κ2) is 3.63. The van der Waals surface area contributed by atoms with Crippen LogP contribution in [0.15, 0.2) is 22.4 Å². The second-order valence-corrected chi connectivity index (χ2v) is 4.20. The molecule has 1 aromatic heterocycles. The Kier molecular flexibility index (Phi) is 2.48. The number of hydrogen-bond acceptors (Lipinski definition) is 4. The van der Waals surface area contributed by atoms with Crippen molar-refractivity contribution in [3.05, 3.63) is 23.1 Å². The van der Waals surface area contributed by atoms with Gasteiger partial charge < -0.3 is 4.74 Å². The molecule has 72 valence electrons. The zero-order valence-electron chi connectivity index (χ0n) is 7.48. The number of carbonyl (C=O) groups excluding carboxylic acids is 1. The van der Waals surface area contributed by atoms with Gasteiger partial charge in [-0.05, 0) is 12.1 Å². The molecule has 1 aromatic carbocycles. The van der Waals surface area contributed by atoms with Gasteiger partial charge >= 0.3 is 0 Å². The summed E-state index contributed by atoms with van der Waals surface area (Å²) in [5.41, 5.74) is 0.624. The molecule has 0 saturated carbocycles. The van der Waals surface area contributed by atoms with Gasteiger partial charge in [0.05, 0.1) is 11.8 Å². The number of rotatable bonds is 2. The molecular formula is C10H8O2S2. The maximum absolute atomic E-state index is 10.7. The lowest BCUT2D eigenvalue weighted by atomic mass is 10.2. The van der Waals surface area contributed by atoms with Gasteiger partial charge in [-0.3, -0.25) is 4.79 Å². The summed E-state index contributed by atoms with van der Waals surface area (Å²) in [4.78, 5) is 11.5. The quantitative estimate of drug-likeness (QED) is 0.627. The molecule has 14 heavy (non-hydrogen) atoms. The minimum atomic E-state index is 0.624. The van der Waals surface area contributed by atoms with Crippen molar-refractivity contribution in [2.45, 2.75) is 4.90 Å². The van der Waals surface area contributed by atoms with Crippen LogP contribution >= 0.6 is 24.0 Å². The number of ether oxygens (including phenoxy) is 1. The fourth-order valence-corrected chi connectivity index (χ4v) is 2.69. The van der Waals surface area contributed by atoms with Crippen molar-refractivity contribution in [1.29, 1.82) is 0 Å². The average molecular weight is 224 g/mol. The zero-order valence-corrected chi connectivity index (χ0v) is 9.19. The van der Waals surface area contributed by atoms with E-state index in [0.717, 1.165) is 27.0 Å². The van der Waals surface area contributed by atoms with Crippen LogP contribution in [0.4, 0.5) is 0 Å². The van der Waals surface area contributed by atoms with Gasteiger partial charge in [0.25, 0.3) is 0 Å². The second-order valence-electron chi connectivity index (χ2n) is 2.84. The van der Waals surface area contributed by atoms with E-state index in [0.29, 0.717) is 5.56 Å². The maximum Gasteiger partial charge on any atom is 0.150 e. The SMILES string of the molecule is COc1csc2c(S)cc(C=O)cc12. The fraction of sp³-hybridized carbons (Fsp3) is 0.100. The largest absolute Gasteiger partial charge is 0.495 e. The van der Waals surface area contributed by atoms with E-state index in [1.54, 1.807) is 24.5 Å². The summed E-state index contributed by atoms with van der Waals surface area (Å²) in [6.07, 6.45) is 0.816. The van der Waals surface area contributed by atoms with Crippen molar-refractivity contribution in [3.63, 3.8) is 0 Å². The Labute approximate surface area is 90.9 Å². The molecule has 0 N–H and O–H groups in total. The van der Waals surface area contributed by atoms with Crippen molar-refractivity contribution in [1.82, 2.24) is 0 Å². The topological polar surface area (TPSA) is 26.3 Å². The first-order valence-corrected chi connectivity index (χ1v) is 5.32. The molecule has 0 saturated heterocycles. The van der Waals surface area contributed by atoms with E-state index in [9.17, 15) is 4.79 Å². The minimum absolute atomic E-state index is 0.624. The Bertz CT molecular complexity index is 488.